The molecule has 0 bridgehead atoms. The third-order valence-corrected chi connectivity index (χ3v) is 4.08. The van der Waals surface area contributed by atoms with Gasteiger partial charge in [-0.15, -0.1) is 0 Å². The molecule has 1 heterocycles. The third-order valence-electron chi connectivity index (χ3n) is 4.08. The molecule has 25 heavy (non-hydrogen) atoms. The van der Waals surface area contributed by atoms with Crippen LogP contribution in [0, 0.1) is 0 Å². The Bertz CT molecular complexity index is 804. The zero-order chi connectivity index (χ0) is 17.8. The van der Waals surface area contributed by atoms with Crippen molar-refractivity contribution in [3.8, 4) is 11.5 Å². The molecular formula is C19H20N2O4. The maximum absolute atomic E-state index is 12.4. The number of fused-ring (bicyclic) bond motifs is 1. The molecule has 0 radical (unpaired) electrons. The van der Waals surface area contributed by atoms with Gasteiger partial charge >= 0.3 is 0 Å². The summed E-state index contributed by atoms with van der Waals surface area (Å²) in [4.78, 5) is 25.9. The highest BCUT2D eigenvalue weighted by Crippen LogP contribution is 2.32. The lowest BCUT2D eigenvalue weighted by molar-refractivity contribution is -0.118. The van der Waals surface area contributed by atoms with Crippen molar-refractivity contribution in [2.45, 2.75) is 12.8 Å². The number of para-hydroxylation sites is 2. The van der Waals surface area contributed by atoms with Crippen LogP contribution in [0.5, 0.6) is 11.5 Å². The first kappa shape index (κ1) is 16.8. The fourth-order valence-corrected chi connectivity index (χ4v) is 2.74. The van der Waals surface area contributed by atoms with E-state index in [0.717, 1.165) is 5.56 Å². The number of ether oxygens (including phenoxy) is 2. The summed E-state index contributed by atoms with van der Waals surface area (Å²) in [6.07, 6.45) is 0.530. The summed E-state index contributed by atoms with van der Waals surface area (Å²) >= 11 is 0. The Morgan fingerprint density at radius 1 is 1.28 bits per heavy atom. The smallest absolute Gasteiger partial charge is 0.230 e. The van der Waals surface area contributed by atoms with Gasteiger partial charge < -0.3 is 19.7 Å². The van der Waals surface area contributed by atoms with Gasteiger partial charge in [0.25, 0.3) is 0 Å². The Hall–Kier alpha value is -3.02. The van der Waals surface area contributed by atoms with Gasteiger partial charge in [0.05, 0.1) is 37.9 Å². The van der Waals surface area contributed by atoms with Crippen molar-refractivity contribution in [2.24, 2.45) is 0 Å². The van der Waals surface area contributed by atoms with Crippen LogP contribution in [-0.4, -0.2) is 32.6 Å². The topological polar surface area (TPSA) is 67.9 Å². The molecule has 0 spiro atoms. The van der Waals surface area contributed by atoms with E-state index in [1.54, 1.807) is 37.3 Å². The molecule has 0 aliphatic carbocycles. The SMILES string of the molecule is COc1ccccc1NC(=O)Cc1ccc2c(c1)N(C)C(=O)CCO2. The maximum Gasteiger partial charge on any atom is 0.230 e. The molecule has 1 N–H and O–H groups in total. The summed E-state index contributed by atoms with van der Waals surface area (Å²) in [5.74, 6) is 1.10. The minimum atomic E-state index is -0.159. The van der Waals surface area contributed by atoms with Crippen LogP contribution in [0.2, 0.25) is 0 Å². The summed E-state index contributed by atoms with van der Waals surface area (Å²) in [6, 6.07) is 12.7. The van der Waals surface area contributed by atoms with E-state index in [1.807, 2.05) is 24.3 Å². The number of rotatable bonds is 4. The second-order valence-corrected chi connectivity index (χ2v) is 5.78. The number of hydrogen-bond donors (Lipinski definition) is 1. The summed E-state index contributed by atoms with van der Waals surface area (Å²) in [7, 11) is 3.28. The standard InChI is InChI=1S/C19H20N2O4/c1-21-15-11-13(7-8-17(15)25-10-9-19(21)23)12-18(22)20-14-5-3-4-6-16(14)24-2/h3-8,11H,9-10,12H2,1-2H3,(H,20,22). The normalized spacial score (nSPS) is 13.5. The van der Waals surface area contributed by atoms with Gasteiger partial charge in [-0.3, -0.25) is 9.59 Å². The van der Waals surface area contributed by atoms with Gasteiger partial charge in [0, 0.05) is 7.05 Å². The van der Waals surface area contributed by atoms with Gasteiger partial charge in [0.2, 0.25) is 11.8 Å². The molecule has 0 fully saturated rings. The van der Waals surface area contributed by atoms with Crippen LogP contribution in [0.4, 0.5) is 11.4 Å². The number of benzene rings is 2. The average molecular weight is 340 g/mol. The van der Waals surface area contributed by atoms with Crippen molar-refractivity contribution < 1.29 is 19.1 Å². The number of hydrogen-bond acceptors (Lipinski definition) is 4. The molecule has 0 unspecified atom stereocenters. The summed E-state index contributed by atoms with van der Waals surface area (Å²) < 4.78 is 10.8. The predicted molar refractivity (Wildman–Crippen MR) is 95.3 cm³/mol. The van der Waals surface area contributed by atoms with E-state index in [1.165, 1.54) is 0 Å². The molecule has 0 saturated carbocycles. The van der Waals surface area contributed by atoms with Gasteiger partial charge in [-0.1, -0.05) is 18.2 Å². The zero-order valence-corrected chi connectivity index (χ0v) is 14.2. The Kier molecular flexibility index (Phi) is 4.88. The Labute approximate surface area is 146 Å². The fourth-order valence-electron chi connectivity index (χ4n) is 2.74. The molecule has 3 rings (SSSR count). The van der Waals surface area contributed by atoms with E-state index >= 15 is 0 Å². The van der Waals surface area contributed by atoms with Gasteiger partial charge in [0.1, 0.15) is 11.5 Å². The maximum atomic E-state index is 12.4. The van der Waals surface area contributed by atoms with Crippen molar-refractivity contribution in [1.82, 2.24) is 0 Å². The Morgan fingerprint density at radius 3 is 2.88 bits per heavy atom. The van der Waals surface area contributed by atoms with Gasteiger partial charge in [-0.2, -0.15) is 0 Å². The zero-order valence-electron chi connectivity index (χ0n) is 14.2. The highest BCUT2D eigenvalue weighted by Gasteiger charge is 2.20. The van der Waals surface area contributed by atoms with Crippen molar-refractivity contribution in [1.29, 1.82) is 0 Å². The van der Waals surface area contributed by atoms with Crippen LogP contribution in [0.1, 0.15) is 12.0 Å². The predicted octanol–water partition coefficient (Wildman–Crippen LogP) is 2.62. The Morgan fingerprint density at radius 2 is 2.08 bits per heavy atom. The fraction of sp³-hybridized carbons (Fsp3) is 0.263. The monoisotopic (exact) mass is 340 g/mol. The quantitative estimate of drug-likeness (QED) is 0.929. The molecule has 2 amide bonds. The van der Waals surface area contributed by atoms with Gasteiger partial charge in [0.15, 0.2) is 0 Å². The van der Waals surface area contributed by atoms with E-state index < -0.39 is 0 Å². The number of nitrogens with one attached hydrogen (secondary N) is 1. The van der Waals surface area contributed by atoms with Gasteiger partial charge in [-0.25, -0.2) is 0 Å². The lowest BCUT2D eigenvalue weighted by Crippen LogP contribution is -2.25. The number of methoxy groups -OCH3 is 1. The number of anilines is 2. The molecular weight excluding hydrogens is 320 g/mol. The van der Waals surface area contributed by atoms with Crippen molar-refractivity contribution >= 4 is 23.2 Å². The second-order valence-electron chi connectivity index (χ2n) is 5.78. The summed E-state index contributed by atoms with van der Waals surface area (Å²) in [6.45, 7) is 0.365. The average Bonchev–Trinajstić information content (AvgIpc) is 2.75. The molecule has 6 nitrogen and oxygen atoms in total. The molecule has 130 valence electrons. The number of nitrogens with zero attached hydrogens (tertiary/aromatic N) is 1. The van der Waals surface area contributed by atoms with Crippen molar-refractivity contribution in [3.63, 3.8) is 0 Å². The number of carbonyl (C=O) groups is 2. The largest absolute Gasteiger partial charge is 0.495 e. The van der Waals surface area contributed by atoms with Crippen LogP contribution >= 0.6 is 0 Å². The molecule has 6 heteroatoms. The highest BCUT2D eigenvalue weighted by molar-refractivity contribution is 5.96. The summed E-state index contributed by atoms with van der Waals surface area (Å²) in [5.41, 5.74) is 2.11. The van der Waals surface area contributed by atoms with Crippen LogP contribution < -0.4 is 19.7 Å². The van der Waals surface area contributed by atoms with E-state index in [0.29, 0.717) is 35.9 Å². The number of carbonyl (C=O) groups excluding carboxylic acids is 2. The first-order chi connectivity index (χ1) is 12.1. The molecule has 1 aliphatic rings. The lowest BCUT2D eigenvalue weighted by atomic mass is 10.1. The molecule has 2 aromatic rings. The molecule has 0 saturated heterocycles. The van der Waals surface area contributed by atoms with E-state index in [4.69, 9.17) is 9.47 Å². The van der Waals surface area contributed by atoms with Crippen molar-refractivity contribution in [3.05, 3.63) is 48.0 Å². The van der Waals surface area contributed by atoms with E-state index in [-0.39, 0.29) is 18.2 Å². The second kappa shape index (κ2) is 7.25. The molecule has 2 aromatic carbocycles. The van der Waals surface area contributed by atoms with Crippen LogP contribution in [0.15, 0.2) is 42.5 Å². The van der Waals surface area contributed by atoms with Crippen LogP contribution in [0.3, 0.4) is 0 Å². The van der Waals surface area contributed by atoms with E-state index in [9.17, 15) is 9.59 Å². The van der Waals surface area contributed by atoms with Crippen LogP contribution in [-0.2, 0) is 16.0 Å². The molecule has 0 atom stereocenters. The minimum Gasteiger partial charge on any atom is -0.495 e. The number of amides is 2. The minimum absolute atomic E-state index is 0.00521. The van der Waals surface area contributed by atoms with Crippen molar-refractivity contribution in [2.75, 3.05) is 31.0 Å². The first-order valence-electron chi connectivity index (χ1n) is 8.03. The first-order valence-corrected chi connectivity index (χ1v) is 8.03. The van der Waals surface area contributed by atoms with Crippen LogP contribution in [0.25, 0.3) is 0 Å². The lowest BCUT2D eigenvalue weighted by Gasteiger charge is -2.17. The summed E-state index contributed by atoms with van der Waals surface area (Å²) in [5, 5.41) is 2.85. The van der Waals surface area contributed by atoms with E-state index in [2.05, 4.69) is 5.32 Å². The highest BCUT2D eigenvalue weighted by atomic mass is 16.5. The van der Waals surface area contributed by atoms with Gasteiger partial charge in [-0.05, 0) is 29.8 Å². The molecule has 1 aliphatic heterocycles. The third kappa shape index (κ3) is 3.74. The molecule has 0 aromatic heterocycles. The Balaban J connectivity index is 1.76.